The highest BCUT2D eigenvalue weighted by molar-refractivity contribution is 6.31. The molecule has 0 amide bonds. The molecule has 4 aromatic rings. The minimum absolute atomic E-state index is 0.687. The number of anilines is 2. The monoisotopic (exact) mass is 450 g/mol. The number of hydrogen-bond acceptors (Lipinski definition) is 6. The first-order chi connectivity index (χ1) is 15.6. The molecule has 2 N–H and O–H groups in total. The Morgan fingerprint density at radius 3 is 2.78 bits per heavy atom. The highest BCUT2D eigenvalue weighted by Gasteiger charge is 2.16. The van der Waals surface area contributed by atoms with Gasteiger partial charge in [-0.15, -0.1) is 0 Å². The van der Waals surface area contributed by atoms with Crippen molar-refractivity contribution in [2.24, 2.45) is 0 Å². The van der Waals surface area contributed by atoms with Gasteiger partial charge in [0.15, 0.2) is 0 Å². The van der Waals surface area contributed by atoms with Crippen LogP contribution >= 0.6 is 11.6 Å². The molecule has 0 atom stereocenters. The van der Waals surface area contributed by atoms with E-state index < -0.39 is 0 Å². The number of fused-ring (bicyclic) bond motifs is 2. The lowest BCUT2D eigenvalue weighted by atomic mass is 10.1. The van der Waals surface area contributed by atoms with Crippen LogP contribution in [0.1, 0.15) is 0 Å². The lowest BCUT2D eigenvalue weighted by Gasteiger charge is -2.28. The minimum atomic E-state index is 0.687. The third-order valence-corrected chi connectivity index (χ3v) is 6.02. The van der Waals surface area contributed by atoms with Crippen LogP contribution in [-0.4, -0.2) is 73.3 Å². The van der Waals surface area contributed by atoms with Gasteiger partial charge >= 0.3 is 0 Å². The number of pyridine rings is 1. The van der Waals surface area contributed by atoms with Gasteiger partial charge in [0.25, 0.3) is 0 Å². The molecule has 0 aliphatic carbocycles. The van der Waals surface area contributed by atoms with Gasteiger partial charge in [0.1, 0.15) is 5.82 Å². The third kappa shape index (κ3) is 4.24. The molecule has 1 aliphatic heterocycles. The Labute approximate surface area is 192 Å². The van der Waals surface area contributed by atoms with Crippen LogP contribution in [0.2, 0.25) is 5.02 Å². The molecule has 0 saturated carbocycles. The molecule has 5 rings (SSSR count). The van der Waals surface area contributed by atoms with Crippen LogP contribution in [0.4, 0.5) is 11.4 Å². The van der Waals surface area contributed by atoms with E-state index in [1.54, 1.807) is 0 Å². The quantitative estimate of drug-likeness (QED) is 0.458. The summed E-state index contributed by atoms with van der Waals surface area (Å²) >= 11 is 6.33. The molecule has 1 aliphatic rings. The first kappa shape index (κ1) is 21.0. The van der Waals surface area contributed by atoms with E-state index in [0.717, 1.165) is 78.4 Å². The van der Waals surface area contributed by atoms with E-state index in [2.05, 4.69) is 57.4 Å². The van der Waals surface area contributed by atoms with Crippen molar-refractivity contribution < 1.29 is 4.74 Å². The molecule has 32 heavy (non-hydrogen) atoms. The van der Waals surface area contributed by atoms with Gasteiger partial charge in [-0.1, -0.05) is 11.6 Å². The summed E-state index contributed by atoms with van der Waals surface area (Å²) in [6.45, 7) is 5.03. The van der Waals surface area contributed by atoms with Gasteiger partial charge in [-0.2, -0.15) is 0 Å². The summed E-state index contributed by atoms with van der Waals surface area (Å²) in [7, 11) is 4.13. The number of likely N-dealkylation sites (N-methyl/N-ethyl adjacent to an activating group) is 1. The first-order valence-electron chi connectivity index (χ1n) is 10.9. The normalized spacial score (nSPS) is 14.6. The predicted molar refractivity (Wildman–Crippen MR) is 132 cm³/mol. The number of H-pyrrole nitrogens is 1. The molecule has 0 spiro atoms. The van der Waals surface area contributed by atoms with Crippen molar-refractivity contribution in [1.82, 2.24) is 19.9 Å². The number of ether oxygens (including phenoxy) is 1. The number of halogens is 1. The lowest BCUT2D eigenvalue weighted by Crippen LogP contribution is -2.36. The second kappa shape index (κ2) is 8.94. The zero-order chi connectivity index (χ0) is 22.1. The molecular weight excluding hydrogens is 424 g/mol. The van der Waals surface area contributed by atoms with E-state index in [0.29, 0.717) is 5.02 Å². The van der Waals surface area contributed by atoms with Gasteiger partial charge in [-0.05, 0) is 50.5 Å². The molecule has 1 fully saturated rings. The molecule has 0 unspecified atom stereocenters. The lowest BCUT2D eigenvalue weighted by molar-refractivity contribution is 0.122. The van der Waals surface area contributed by atoms with Crippen molar-refractivity contribution in [2.75, 3.05) is 63.7 Å². The van der Waals surface area contributed by atoms with Crippen LogP contribution in [0.15, 0.2) is 42.6 Å². The zero-order valence-corrected chi connectivity index (χ0v) is 19.1. The number of benzene rings is 2. The summed E-state index contributed by atoms with van der Waals surface area (Å²) in [5.74, 6) is 0.792. The minimum Gasteiger partial charge on any atom is -0.383 e. The summed E-state index contributed by atoms with van der Waals surface area (Å²) in [6.07, 6.45) is 1.88. The Hall–Kier alpha value is -2.87. The summed E-state index contributed by atoms with van der Waals surface area (Å²) in [5.41, 5.74) is 5.94. The number of imidazole rings is 1. The van der Waals surface area contributed by atoms with Crippen LogP contribution in [-0.2, 0) is 4.74 Å². The second-order valence-corrected chi connectivity index (χ2v) is 8.76. The van der Waals surface area contributed by atoms with E-state index in [4.69, 9.17) is 21.3 Å². The SMILES string of the molecule is CN(C)CCNc1c(-c2nc3cc(N4CCOCC4)ccc3[nH]2)cnc2ccc(Cl)cc12. The van der Waals surface area contributed by atoms with E-state index >= 15 is 0 Å². The second-order valence-electron chi connectivity index (χ2n) is 8.32. The fraction of sp³-hybridized carbons (Fsp3) is 0.333. The highest BCUT2D eigenvalue weighted by atomic mass is 35.5. The van der Waals surface area contributed by atoms with Gasteiger partial charge in [0.2, 0.25) is 0 Å². The topological polar surface area (TPSA) is 69.3 Å². The van der Waals surface area contributed by atoms with Crippen molar-refractivity contribution in [3.05, 3.63) is 47.6 Å². The molecular formula is C24H27ClN6O. The van der Waals surface area contributed by atoms with Crippen LogP contribution in [0, 0.1) is 0 Å². The van der Waals surface area contributed by atoms with E-state index in [1.807, 2.05) is 24.4 Å². The fourth-order valence-corrected chi connectivity index (χ4v) is 4.25. The van der Waals surface area contributed by atoms with Crippen LogP contribution in [0.25, 0.3) is 33.3 Å². The average molecular weight is 451 g/mol. The molecule has 8 heteroatoms. The fourth-order valence-electron chi connectivity index (χ4n) is 4.08. The number of morpholine rings is 1. The maximum atomic E-state index is 6.33. The number of nitrogens with zero attached hydrogens (tertiary/aromatic N) is 4. The molecule has 3 heterocycles. The van der Waals surface area contributed by atoms with Crippen molar-refractivity contribution in [1.29, 1.82) is 0 Å². The van der Waals surface area contributed by atoms with Gasteiger partial charge in [-0.3, -0.25) is 4.98 Å². The van der Waals surface area contributed by atoms with Crippen LogP contribution < -0.4 is 10.2 Å². The molecule has 2 aromatic heterocycles. The van der Waals surface area contributed by atoms with Gasteiger partial charge < -0.3 is 24.8 Å². The Balaban J connectivity index is 1.56. The summed E-state index contributed by atoms with van der Waals surface area (Å²) in [6, 6.07) is 12.2. The number of aromatic nitrogens is 3. The molecule has 0 radical (unpaired) electrons. The van der Waals surface area contributed by atoms with Gasteiger partial charge in [0, 0.05) is 48.5 Å². The van der Waals surface area contributed by atoms with Gasteiger partial charge in [-0.25, -0.2) is 4.98 Å². The third-order valence-electron chi connectivity index (χ3n) is 5.79. The van der Waals surface area contributed by atoms with Crippen LogP contribution in [0.3, 0.4) is 0 Å². The number of hydrogen-bond donors (Lipinski definition) is 2. The maximum Gasteiger partial charge on any atom is 0.142 e. The van der Waals surface area contributed by atoms with Crippen molar-refractivity contribution in [3.63, 3.8) is 0 Å². The zero-order valence-electron chi connectivity index (χ0n) is 18.4. The molecule has 1 saturated heterocycles. The Bertz CT molecular complexity index is 1250. The summed E-state index contributed by atoms with van der Waals surface area (Å²) in [5, 5.41) is 5.27. The standard InChI is InChI=1S/C24H27ClN6O/c1-30(2)8-7-26-23-18-13-16(25)3-5-20(18)27-15-19(23)24-28-21-6-4-17(14-22(21)29-24)31-9-11-32-12-10-31/h3-6,13-15H,7-12H2,1-2H3,(H,26,27)(H,28,29). The predicted octanol–water partition coefficient (Wildman–Crippen LogP) is 4.24. The Morgan fingerprint density at radius 1 is 1.12 bits per heavy atom. The van der Waals surface area contributed by atoms with Gasteiger partial charge in [0.05, 0.1) is 41.0 Å². The number of aromatic amines is 1. The summed E-state index contributed by atoms with van der Waals surface area (Å²) < 4.78 is 5.48. The molecule has 2 aromatic carbocycles. The van der Waals surface area contributed by atoms with E-state index in [-0.39, 0.29) is 0 Å². The Kier molecular flexibility index (Phi) is 5.87. The smallest absolute Gasteiger partial charge is 0.142 e. The Morgan fingerprint density at radius 2 is 1.97 bits per heavy atom. The number of rotatable bonds is 6. The molecule has 7 nitrogen and oxygen atoms in total. The highest BCUT2D eigenvalue weighted by Crippen LogP contribution is 2.35. The first-order valence-corrected chi connectivity index (χ1v) is 11.3. The van der Waals surface area contributed by atoms with Crippen molar-refractivity contribution in [2.45, 2.75) is 0 Å². The molecule has 166 valence electrons. The van der Waals surface area contributed by atoms with Crippen LogP contribution in [0.5, 0.6) is 0 Å². The number of nitrogens with one attached hydrogen (secondary N) is 2. The van der Waals surface area contributed by atoms with Crippen molar-refractivity contribution >= 4 is 44.9 Å². The maximum absolute atomic E-state index is 6.33. The average Bonchev–Trinajstić information content (AvgIpc) is 3.22. The summed E-state index contributed by atoms with van der Waals surface area (Å²) in [4.78, 5) is 17.6. The largest absolute Gasteiger partial charge is 0.383 e. The van der Waals surface area contributed by atoms with Crippen molar-refractivity contribution in [3.8, 4) is 11.4 Å². The van der Waals surface area contributed by atoms with E-state index in [9.17, 15) is 0 Å². The van der Waals surface area contributed by atoms with E-state index in [1.165, 1.54) is 5.69 Å². The molecule has 0 bridgehead atoms.